The number of fused-ring (bicyclic) bond motifs is 1. The number of nitrogens with one attached hydrogen (secondary N) is 5. The zero-order valence-electron chi connectivity index (χ0n) is 33.5. The summed E-state index contributed by atoms with van der Waals surface area (Å²) in [6.07, 6.45) is 2.71. The number of carbonyl (C=O) groups excluding carboxylic acids is 5. The first-order chi connectivity index (χ1) is 29.5. The molecule has 0 radical (unpaired) electrons. The molecule has 5 aromatic rings. The molecular formula is C45H47F2N9O5. The van der Waals surface area contributed by atoms with Crippen LogP contribution in [0.25, 0.3) is 10.9 Å². The molecule has 316 valence electrons. The molecule has 1 aromatic heterocycles. The molecule has 0 spiro atoms. The Morgan fingerprint density at radius 2 is 1.43 bits per heavy atom. The largest absolute Gasteiger partial charge is 0.382 e. The Bertz CT molecular complexity index is 2420. The summed E-state index contributed by atoms with van der Waals surface area (Å²) in [7, 11) is 0. The number of aromatic amines is 1. The molecule has 3 aliphatic rings. The van der Waals surface area contributed by atoms with Gasteiger partial charge in [-0.1, -0.05) is 18.2 Å². The second-order valence-corrected chi connectivity index (χ2v) is 15.8. The zero-order chi connectivity index (χ0) is 42.5. The van der Waals surface area contributed by atoms with Crippen molar-refractivity contribution in [3.8, 4) is 0 Å². The zero-order valence-corrected chi connectivity index (χ0v) is 33.5. The number of hydrogen-bond acceptors (Lipinski definition) is 9. The van der Waals surface area contributed by atoms with Crippen molar-refractivity contribution < 1.29 is 32.8 Å². The first-order valence-electron chi connectivity index (χ1n) is 20.6. The Labute approximate surface area is 351 Å². The third kappa shape index (κ3) is 9.97. The van der Waals surface area contributed by atoms with Crippen LogP contribution >= 0.6 is 0 Å². The van der Waals surface area contributed by atoms with E-state index in [2.05, 4.69) is 36.4 Å². The molecule has 5 N–H and O–H groups in total. The van der Waals surface area contributed by atoms with Gasteiger partial charge in [0.05, 0.1) is 11.1 Å². The maximum Gasteiger partial charge on any atom is 0.258 e. The fourth-order valence-corrected chi connectivity index (χ4v) is 8.24. The van der Waals surface area contributed by atoms with E-state index in [0.29, 0.717) is 105 Å². The predicted octanol–water partition coefficient (Wildman–Crippen LogP) is 5.43. The molecule has 8 rings (SSSR count). The SMILES string of the molecule is O=C1CCC(Nc2ccc(N3CCN(C(=O)CCC(=O)N4CCC(Nc5ccccc5C(=O)Nc5n[nH]c6ccc(Cc7cc(F)cc(F)c7)cc56)CC4)CC3)cc2)C(=O)N1. The molecule has 0 saturated carbocycles. The lowest BCUT2D eigenvalue weighted by molar-refractivity contribution is -0.137. The van der Waals surface area contributed by atoms with Gasteiger partial charge < -0.3 is 30.7 Å². The van der Waals surface area contributed by atoms with E-state index in [0.717, 1.165) is 23.0 Å². The number of amides is 5. The molecule has 4 aromatic carbocycles. The van der Waals surface area contributed by atoms with Crippen LogP contribution in [0, 0.1) is 11.6 Å². The van der Waals surface area contributed by atoms with Gasteiger partial charge in [-0.05, 0) is 97.5 Å². The molecule has 3 aliphatic heterocycles. The van der Waals surface area contributed by atoms with Gasteiger partial charge in [0.2, 0.25) is 23.6 Å². The lowest BCUT2D eigenvalue weighted by Gasteiger charge is -2.36. The number of H-pyrrole nitrogens is 1. The summed E-state index contributed by atoms with van der Waals surface area (Å²) in [4.78, 5) is 69.3. The molecule has 4 heterocycles. The monoisotopic (exact) mass is 831 g/mol. The maximum absolute atomic E-state index is 13.8. The second kappa shape index (κ2) is 18.2. The highest BCUT2D eigenvalue weighted by Crippen LogP contribution is 2.27. The molecule has 1 atom stereocenters. The smallest absolute Gasteiger partial charge is 0.258 e. The molecule has 0 bridgehead atoms. The summed E-state index contributed by atoms with van der Waals surface area (Å²) < 4.78 is 27.6. The number of carbonyl (C=O) groups is 5. The van der Waals surface area contributed by atoms with Crippen LogP contribution in [-0.4, -0.2) is 101 Å². The highest BCUT2D eigenvalue weighted by atomic mass is 19.1. The molecule has 0 aliphatic carbocycles. The van der Waals surface area contributed by atoms with Gasteiger partial charge in [0.1, 0.15) is 17.7 Å². The number of hydrogen-bond donors (Lipinski definition) is 5. The molecule has 16 heteroatoms. The molecule has 14 nitrogen and oxygen atoms in total. The van der Waals surface area contributed by atoms with Crippen LogP contribution in [0.5, 0.6) is 0 Å². The normalized spacial score (nSPS) is 17.3. The number of nitrogens with zero attached hydrogens (tertiary/aromatic N) is 4. The highest BCUT2D eigenvalue weighted by molar-refractivity contribution is 6.10. The van der Waals surface area contributed by atoms with E-state index in [4.69, 9.17) is 0 Å². The fourth-order valence-electron chi connectivity index (χ4n) is 8.24. The standard InChI is InChI=1S/C45H47F2N9O5/c46-30-24-29(25-31(47)27-30)23-28-5-10-38-36(26-28)43(53-52-38)51-44(60)35-3-1-2-4-37(35)48-33-15-17-55(18-16-33)41(58)13-14-42(59)56-21-19-54(20-22-56)34-8-6-32(7-9-34)49-39-11-12-40(57)50-45(39)61/h1-10,24-27,33,39,48-49H,11-23H2,(H,50,57,61)(H2,51,52,53,60). The van der Waals surface area contributed by atoms with Crippen LogP contribution in [-0.2, 0) is 25.6 Å². The van der Waals surface area contributed by atoms with Gasteiger partial charge in [-0.25, -0.2) is 8.78 Å². The fraction of sp³-hybridized carbons (Fsp3) is 0.333. The number of anilines is 4. The topological polar surface area (TPSA) is 172 Å². The van der Waals surface area contributed by atoms with E-state index in [1.165, 1.54) is 12.1 Å². The lowest BCUT2D eigenvalue weighted by Crippen LogP contribution is -2.49. The number of halogens is 2. The van der Waals surface area contributed by atoms with Gasteiger partial charge in [0.15, 0.2) is 5.82 Å². The number of para-hydroxylation sites is 1. The van der Waals surface area contributed by atoms with Crippen molar-refractivity contribution in [2.45, 2.75) is 57.0 Å². The van der Waals surface area contributed by atoms with Crippen molar-refractivity contribution in [1.29, 1.82) is 0 Å². The number of aromatic nitrogens is 2. The van der Waals surface area contributed by atoms with E-state index >= 15 is 0 Å². The molecular weight excluding hydrogens is 785 g/mol. The minimum atomic E-state index is -0.643. The Morgan fingerprint density at radius 1 is 0.738 bits per heavy atom. The van der Waals surface area contributed by atoms with Crippen molar-refractivity contribution in [3.05, 3.63) is 113 Å². The third-order valence-electron chi connectivity index (χ3n) is 11.6. The Balaban J connectivity index is 0.774. The van der Waals surface area contributed by atoms with Crippen molar-refractivity contribution in [2.24, 2.45) is 0 Å². The predicted molar refractivity (Wildman–Crippen MR) is 227 cm³/mol. The minimum Gasteiger partial charge on any atom is -0.382 e. The number of benzene rings is 4. The van der Waals surface area contributed by atoms with Crippen LogP contribution in [0.1, 0.15) is 60.0 Å². The van der Waals surface area contributed by atoms with E-state index in [9.17, 15) is 32.8 Å². The van der Waals surface area contributed by atoms with E-state index in [1.54, 1.807) is 12.1 Å². The molecule has 1 unspecified atom stereocenters. The number of imide groups is 1. The van der Waals surface area contributed by atoms with Crippen LogP contribution in [0.2, 0.25) is 0 Å². The molecule has 61 heavy (non-hydrogen) atoms. The molecule has 5 amide bonds. The average Bonchev–Trinajstić information content (AvgIpc) is 3.65. The van der Waals surface area contributed by atoms with E-state index in [-0.39, 0.29) is 48.4 Å². The Morgan fingerprint density at radius 3 is 2.13 bits per heavy atom. The molecule has 3 fully saturated rings. The number of piperazine rings is 1. The summed E-state index contributed by atoms with van der Waals surface area (Å²) >= 11 is 0. The number of likely N-dealkylation sites (tertiary alicyclic amines) is 1. The maximum atomic E-state index is 13.8. The van der Waals surface area contributed by atoms with Crippen molar-refractivity contribution in [2.75, 3.05) is 60.1 Å². The quantitative estimate of drug-likeness (QED) is 0.103. The van der Waals surface area contributed by atoms with Gasteiger partial charge in [0.25, 0.3) is 5.91 Å². The van der Waals surface area contributed by atoms with Crippen molar-refractivity contribution in [1.82, 2.24) is 25.3 Å². The van der Waals surface area contributed by atoms with Crippen LogP contribution in [0.15, 0.2) is 84.9 Å². The summed E-state index contributed by atoms with van der Waals surface area (Å²) in [5.74, 6) is -1.96. The third-order valence-corrected chi connectivity index (χ3v) is 11.6. The van der Waals surface area contributed by atoms with Gasteiger partial charge >= 0.3 is 0 Å². The van der Waals surface area contributed by atoms with Crippen molar-refractivity contribution >= 4 is 63.3 Å². The molecule has 3 saturated heterocycles. The van der Waals surface area contributed by atoms with Crippen LogP contribution in [0.3, 0.4) is 0 Å². The Hall–Kier alpha value is -6.84. The summed E-state index contributed by atoms with van der Waals surface area (Å²) in [5, 5.41) is 19.9. The lowest BCUT2D eigenvalue weighted by atomic mass is 10.0. The number of piperidine rings is 2. The second-order valence-electron chi connectivity index (χ2n) is 15.8. The minimum absolute atomic E-state index is 0.0233. The van der Waals surface area contributed by atoms with Gasteiger partial charge in [-0.2, -0.15) is 5.10 Å². The van der Waals surface area contributed by atoms with Gasteiger partial charge in [0, 0.05) is 93.1 Å². The van der Waals surface area contributed by atoms with Gasteiger partial charge in [-0.15, -0.1) is 0 Å². The Kier molecular flexibility index (Phi) is 12.2. The first kappa shape index (κ1) is 40.9. The van der Waals surface area contributed by atoms with E-state index < -0.39 is 17.7 Å². The van der Waals surface area contributed by atoms with E-state index in [1.807, 2.05) is 64.4 Å². The summed E-state index contributed by atoms with van der Waals surface area (Å²) in [6.45, 7) is 3.50. The average molecular weight is 832 g/mol. The number of rotatable bonds is 12. The summed E-state index contributed by atoms with van der Waals surface area (Å²) in [5.41, 5.74) is 4.88. The van der Waals surface area contributed by atoms with Crippen molar-refractivity contribution in [3.63, 3.8) is 0 Å². The van der Waals surface area contributed by atoms with Gasteiger partial charge in [-0.3, -0.25) is 34.4 Å². The van der Waals surface area contributed by atoms with Crippen LogP contribution < -0.4 is 26.2 Å². The summed E-state index contributed by atoms with van der Waals surface area (Å²) in [6, 6.07) is 23.5. The van der Waals surface area contributed by atoms with Crippen LogP contribution in [0.4, 0.5) is 31.7 Å². The highest BCUT2D eigenvalue weighted by Gasteiger charge is 2.28. The first-order valence-corrected chi connectivity index (χ1v) is 20.6.